The van der Waals surface area contributed by atoms with E-state index in [1.807, 2.05) is 0 Å². The molecule has 1 amide bonds. The summed E-state index contributed by atoms with van der Waals surface area (Å²) in [5.41, 5.74) is 11.6. The molecule has 3 rings (SSSR count). The smallest absolute Gasteiger partial charge is 0.404 e. The van der Waals surface area contributed by atoms with Gasteiger partial charge in [0.15, 0.2) is 11.6 Å². The Bertz CT molecular complexity index is 880. The predicted molar refractivity (Wildman–Crippen MR) is 93.9 cm³/mol. The third-order valence-electron chi connectivity index (χ3n) is 4.63. The number of rotatable bonds is 3. The highest BCUT2D eigenvalue weighted by Crippen LogP contribution is 2.33. The molecule has 10 heteroatoms. The fourth-order valence-corrected chi connectivity index (χ4v) is 3.31. The first-order chi connectivity index (χ1) is 12.8. The molecule has 6 N–H and O–H groups in total. The number of carbonyl (C=O) groups is 1. The molecule has 27 heavy (non-hydrogen) atoms. The van der Waals surface area contributed by atoms with Gasteiger partial charge in [0.1, 0.15) is 17.5 Å². The molecular formula is C17H18F3N5O2. The van der Waals surface area contributed by atoms with E-state index in [9.17, 15) is 18.0 Å². The monoisotopic (exact) mass is 381 g/mol. The molecule has 1 aromatic carbocycles. The maximum atomic E-state index is 14.2. The lowest BCUT2D eigenvalue weighted by molar-refractivity contribution is 0.185. The molecule has 0 radical (unpaired) electrons. The number of benzene rings is 1. The maximum absolute atomic E-state index is 14.2. The van der Waals surface area contributed by atoms with Gasteiger partial charge in [-0.05, 0) is 30.2 Å². The molecule has 0 unspecified atom stereocenters. The number of carboxylic acid groups (broad SMARTS) is 1. The summed E-state index contributed by atoms with van der Waals surface area (Å²) in [5, 5.41) is 11.5. The number of nitrogen functional groups attached to an aromatic ring is 2. The van der Waals surface area contributed by atoms with Crippen LogP contribution in [0.2, 0.25) is 0 Å². The van der Waals surface area contributed by atoms with Gasteiger partial charge >= 0.3 is 6.09 Å². The van der Waals surface area contributed by atoms with Crippen molar-refractivity contribution >= 4 is 23.4 Å². The highest BCUT2D eigenvalue weighted by Gasteiger charge is 2.34. The van der Waals surface area contributed by atoms with E-state index in [2.05, 4.69) is 10.3 Å². The minimum atomic E-state index is -1.31. The summed E-state index contributed by atoms with van der Waals surface area (Å²) in [6, 6.07) is 3.70. The number of hydrogen-bond donors (Lipinski definition) is 4. The Morgan fingerprint density at radius 1 is 1.19 bits per heavy atom. The van der Waals surface area contributed by atoms with Crippen LogP contribution in [0.15, 0.2) is 24.3 Å². The number of aromatic nitrogens is 1. The second-order valence-electron chi connectivity index (χ2n) is 6.33. The zero-order valence-electron chi connectivity index (χ0n) is 14.1. The predicted octanol–water partition coefficient (Wildman–Crippen LogP) is 2.29. The second-order valence-corrected chi connectivity index (χ2v) is 6.33. The van der Waals surface area contributed by atoms with Crippen LogP contribution in [0.4, 0.5) is 35.3 Å². The molecule has 144 valence electrons. The highest BCUT2D eigenvalue weighted by molar-refractivity contribution is 5.66. The Balaban J connectivity index is 1.90. The van der Waals surface area contributed by atoms with Gasteiger partial charge in [-0.1, -0.05) is 0 Å². The van der Waals surface area contributed by atoms with Gasteiger partial charge in [0.2, 0.25) is 0 Å². The van der Waals surface area contributed by atoms with Crippen molar-refractivity contribution in [3.63, 3.8) is 0 Å². The van der Waals surface area contributed by atoms with Gasteiger partial charge in [-0.15, -0.1) is 0 Å². The van der Waals surface area contributed by atoms with Gasteiger partial charge in [-0.25, -0.2) is 22.9 Å². The third kappa shape index (κ3) is 3.83. The third-order valence-corrected chi connectivity index (χ3v) is 4.63. The Kier molecular flexibility index (Phi) is 4.98. The van der Waals surface area contributed by atoms with E-state index < -0.39 is 35.5 Å². The largest absolute Gasteiger partial charge is 0.465 e. The van der Waals surface area contributed by atoms with E-state index in [-0.39, 0.29) is 17.9 Å². The number of nitrogens with two attached hydrogens (primary N) is 2. The molecule has 0 spiro atoms. The molecule has 1 saturated heterocycles. The van der Waals surface area contributed by atoms with Crippen LogP contribution in [0.25, 0.3) is 0 Å². The van der Waals surface area contributed by atoms with Crippen molar-refractivity contribution in [3.8, 4) is 0 Å². The molecule has 2 atom stereocenters. The fourth-order valence-electron chi connectivity index (χ4n) is 3.31. The van der Waals surface area contributed by atoms with Crippen LogP contribution in [0.1, 0.15) is 17.9 Å². The first kappa shape index (κ1) is 18.6. The summed E-state index contributed by atoms with van der Waals surface area (Å²) in [6.45, 7) is 0.531. The summed E-state index contributed by atoms with van der Waals surface area (Å²) in [4.78, 5) is 17.1. The first-order valence-electron chi connectivity index (χ1n) is 8.17. The average molecular weight is 381 g/mol. The van der Waals surface area contributed by atoms with Crippen LogP contribution in [-0.4, -0.2) is 35.3 Å². The topological polar surface area (TPSA) is 118 Å². The average Bonchev–Trinajstić information content (AvgIpc) is 2.60. The molecule has 2 aromatic rings. The molecule has 1 aliphatic heterocycles. The second kappa shape index (κ2) is 7.22. The fraction of sp³-hybridized carbons (Fsp3) is 0.294. The quantitative estimate of drug-likeness (QED) is 0.606. The molecule has 0 bridgehead atoms. The van der Waals surface area contributed by atoms with Crippen LogP contribution < -0.4 is 21.7 Å². The highest BCUT2D eigenvalue weighted by atomic mass is 19.2. The minimum absolute atomic E-state index is 0.0721. The molecule has 2 heterocycles. The van der Waals surface area contributed by atoms with Gasteiger partial charge in [-0.3, -0.25) is 0 Å². The summed E-state index contributed by atoms with van der Waals surface area (Å²) in [5.74, 6) is -3.43. The van der Waals surface area contributed by atoms with E-state index >= 15 is 0 Å². The number of amides is 1. The molecule has 1 aromatic heterocycles. The number of halogens is 3. The molecular weight excluding hydrogens is 363 g/mol. The molecule has 1 aliphatic rings. The van der Waals surface area contributed by atoms with E-state index in [1.54, 1.807) is 17.0 Å². The number of hydrogen-bond acceptors (Lipinski definition) is 5. The number of nitrogens with zero attached hydrogens (tertiary/aromatic N) is 2. The lowest BCUT2D eigenvalue weighted by atomic mass is 9.84. The molecule has 7 nitrogen and oxygen atoms in total. The lowest BCUT2D eigenvalue weighted by Gasteiger charge is -2.39. The van der Waals surface area contributed by atoms with E-state index in [4.69, 9.17) is 16.6 Å². The Labute approximate surface area is 152 Å². The summed E-state index contributed by atoms with van der Waals surface area (Å²) >= 11 is 0. The zero-order valence-corrected chi connectivity index (χ0v) is 14.1. The van der Waals surface area contributed by atoms with Crippen molar-refractivity contribution in [2.45, 2.75) is 18.4 Å². The normalized spacial score (nSPS) is 19.7. The van der Waals surface area contributed by atoms with Crippen molar-refractivity contribution in [3.05, 3.63) is 47.3 Å². The minimum Gasteiger partial charge on any atom is -0.465 e. The summed E-state index contributed by atoms with van der Waals surface area (Å²) in [6.07, 6.45) is -1.02. The van der Waals surface area contributed by atoms with Crippen LogP contribution >= 0.6 is 0 Å². The number of anilines is 3. The van der Waals surface area contributed by atoms with Crippen molar-refractivity contribution < 1.29 is 23.1 Å². The van der Waals surface area contributed by atoms with Crippen molar-refractivity contribution in [2.75, 3.05) is 29.5 Å². The maximum Gasteiger partial charge on any atom is 0.404 e. The van der Waals surface area contributed by atoms with Crippen LogP contribution in [0, 0.1) is 17.5 Å². The van der Waals surface area contributed by atoms with Crippen molar-refractivity contribution in [2.24, 2.45) is 0 Å². The lowest BCUT2D eigenvalue weighted by Crippen LogP contribution is -2.52. The standard InChI is InChI=1S/C17H18F3N5O2/c18-10-6-12(20)11(19)5-9(10)8-3-4-25(7-14(8)23-17(26)27)15-2-1-13(21)16(22)24-15/h1-2,5-6,8,14,23H,3-4,7,21H2,(H2,22,24)(H,26,27)/t8-,14+/m1/s1. The van der Waals surface area contributed by atoms with Gasteiger partial charge < -0.3 is 26.8 Å². The number of pyridine rings is 1. The van der Waals surface area contributed by atoms with Crippen molar-refractivity contribution in [1.82, 2.24) is 10.3 Å². The SMILES string of the molecule is Nc1ccc(N2CC[C@H](c3cc(F)c(F)cc3F)[C@@H](NC(=O)O)C2)nc1N. The Hall–Kier alpha value is -3.17. The van der Waals surface area contributed by atoms with Gasteiger partial charge in [0, 0.05) is 25.1 Å². The van der Waals surface area contributed by atoms with Crippen LogP contribution in [0.3, 0.4) is 0 Å². The molecule has 0 aliphatic carbocycles. The number of piperidine rings is 1. The van der Waals surface area contributed by atoms with E-state index in [0.29, 0.717) is 30.5 Å². The van der Waals surface area contributed by atoms with Gasteiger partial charge in [0.05, 0.1) is 11.7 Å². The van der Waals surface area contributed by atoms with Crippen LogP contribution in [-0.2, 0) is 0 Å². The molecule has 1 fully saturated rings. The van der Waals surface area contributed by atoms with E-state index in [0.717, 1.165) is 6.07 Å². The first-order valence-corrected chi connectivity index (χ1v) is 8.17. The zero-order chi connectivity index (χ0) is 19.7. The van der Waals surface area contributed by atoms with Crippen molar-refractivity contribution in [1.29, 1.82) is 0 Å². The van der Waals surface area contributed by atoms with Gasteiger partial charge in [-0.2, -0.15) is 0 Å². The Morgan fingerprint density at radius 2 is 1.89 bits per heavy atom. The Morgan fingerprint density at radius 3 is 2.56 bits per heavy atom. The van der Waals surface area contributed by atoms with E-state index in [1.165, 1.54) is 0 Å². The molecule has 0 saturated carbocycles. The summed E-state index contributed by atoms with van der Waals surface area (Å²) in [7, 11) is 0. The van der Waals surface area contributed by atoms with Crippen LogP contribution in [0.5, 0.6) is 0 Å². The summed E-state index contributed by atoms with van der Waals surface area (Å²) < 4.78 is 41.0. The van der Waals surface area contributed by atoms with Gasteiger partial charge in [0.25, 0.3) is 0 Å². The number of nitrogens with one attached hydrogen (secondary N) is 1.